The van der Waals surface area contributed by atoms with Gasteiger partial charge in [0.25, 0.3) is 0 Å². The summed E-state index contributed by atoms with van der Waals surface area (Å²) >= 11 is 0. The first kappa shape index (κ1) is 12.6. The molecule has 1 heterocycles. The molecule has 0 fully saturated rings. The number of hydrogen-bond donors (Lipinski definition) is 1. The number of aryl methyl sites for hydroxylation is 1. The van der Waals surface area contributed by atoms with Crippen molar-refractivity contribution in [3.63, 3.8) is 0 Å². The highest BCUT2D eigenvalue weighted by Crippen LogP contribution is 2.23. The van der Waals surface area contributed by atoms with Crippen LogP contribution in [0.5, 0.6) is 5.75 Å². The highest BCUT2D eigenvalue weighted by Gasteiger charge is 2.14. The summed E-state index contributed by atoms with van der Waals surface area (Å²) in [5.41, 5.74) is 7.46. The van der Waals surface area contributed by atoms with Gasteiger partial charge in [0.1, 0.15) is 0 Å². The van der Waals surface area contributed by atoms with Crippen LogP contribution in [-0.2, 0) is 6.54 Å². The van der Waals surface area contributed by atoms with E-state index in [1.807, 2.05) is 17.7 Å². The van der Waals surface area contributed by atoms with Gasteiger partial charge in [-0.15, -0.1) is 0 Å². The van der Waals surface area contributed by atoms with Crippen molar-refractivity contribution in [3.8, 4) is 5.75 Å². The smallest absolute Gasteiger partial charge is 0.165 e. The Morgan fingerprint density at radius 1 is 1.50 bits per heavy atom. The molecule has 0 bridgehead atoms. The molecule has 4 nitrogen and oxygen atoms in total. The SMILES string of the molecule is CCn1cnc(C(N)c2ccc(OC)c(F)c2)c1. The molecule has 1 atom stereocenters. The van der Waals surface area contributed by atoms with Gasteiger partial charge in [0.05, 0.1) is 25.2 Å². The largest absolute Gasteiger partial charge is 0.494 e. The van der Waals surface area contributed by atoms with Crippen LogP contribution in [0, 0.1) is 5.82 Å². The average molecular weight is 249 g/mol. The second-order valence-electron chi connectivity index (χ2n) is 4.00. The third kappa shape index (κ3) is 2.36. The summed E-state index contributed by atoms with van der Waals surface area (Å²) in [5, 5.41) is 0. The van der Waals surface area contributed by atoms with Crippen LogP contribution in [0.3, 0.4) is 0 Å². The number of rotatable bonds is 4. The van der Waals surface area contributed by atoms with E-state index in [9.17, 15) is 4.39 Å². The molecule has 0 radical (unpaired) electrons. The predicted octanol–water partition coefficient (Wildman–Crippen LogP) is 2.10. The molecule has 2 rings (SSSR count). The minimum absolute atomic E-state index is 0.213. The topological polar surface area (TPSA) is 53.1 Å². The van der Waals surface area contributed by atoms with Crippen LogP contribution in [0.15, 0.2) is 30.7 Å². The number of ether oxygens (including phenoxy) is 1. The molecule has 0 aliphatic heterocycles. The van der Waals surface area contributed by atoms with E-state index >= 15 is 0 Å². The summed E-state index contributed by atoms with van der Waals surface area (Å²) in [5.74, 6) is -0.203. The Bertz CT molecular complexity index is 539. The summed E-state index contributed by atoms with van der Waals surface area (Å²) in [4.78, 5) is 4.22. The second-order valence-corrected chi connectivity index (χ2v) is 4.00. The van der Waals surface area contributed by atoms with Crippen molar-refractivity contribution in [2.75, 3.05) is 7.11 Å². The fourth-order valence-electron chi connectivity index (χ4n) is 1.76. The van der Waals surface area contributed by atoms with Crippen LogP contribution >= 0.6 is 0 Å². The van der Waals surface area contributed by atoms with Crippen molar-refractivity contribution in [2.45, 2.75) is 19.5 Å². The molecular formula is C13H16FN3O. The summed E-state index contributed by atoms with van der Waals surface area (Å²) < 4.78 is 20.4. The molecule has 96 valence electrons. The Morgan fingerprint density at radius 3 is 2.83 bits per heavy atom. The van der Waals surface area contributed by atoms with Gasteiger partial charge in [-0.2, -0.15) is 0 Å². The molecule has 0 spiro atoms. The van der Waals surface area contributed by atoms with Crippen LogP contribution in [0.2, 0.25) is 0 Å². The van der Waals surface area contributed by atoms with Gasteiger partial charge in [-0.25, -0.2) is 9.37 Å². The molecule has 0 saturated heterocycles. The van der Waals surface area contributed by atoms with Gasteiger partial charge in [-0.05, 0) is 24.6 Å². The zero-order valence-corrected chi connectivity index (χ0v) is 10.4. The fourth-order valence-corrected chi connectivity index (χ4v) is 1.76. The fraction of sp³-hybridized carbons (Fsp3) is 0.308. The maximum atomic E-state index is 13.6. The minimum atomic E-state index is -0.432. The van der Waals surface area contributed by atoms with E-state index in [-0.39, 0.29) is 5.75 Å². The number of imidazole rings is 1. The first-order valence-corrected chi connectivity index (χ1v) is 5.76. The summed E-state index contributed by atoms with van der Waals surface area (Å²) in [6, 6.07) is 4.27. The molecule has 2 aromatic rings. The third-order valence-corrected chi connectivity index (χ3v) is 2.87. The summed E-state index contributed by atoms with van der Waals surface area (Å²) in [6.07, 6.45) is 3.59. The van der Waals surface area contributed by atoms with Crippen molar-refractivity contribution in [2.24, 2.45) is 5.73 Å². The van der Waals surface area contributed by atoms with Crippen LogP contribution in [0.4, 0.5) is 4.39 Å². The van der Waals surface area contributed by atoms with Gasteiger partial charge >= 0.3 is 0 Å². The van der Waals surface area contributed by atoms with Crippen molar-refractivity contribution in [1.29, 1.82) is 0 Å². The zero-order chi connectivity index (χ0) is 13.1. The van der Waals surface area contributed by atoms with Crippen molar-refractivity contribution in [1.82, 2.24) is 9.55 Å². The molecule has 18 heavy (non-hydrogen) atoms. The molecule has 1 aromatic carbocycles. The second kappa shape index (κ2) is 5.18. The van der Waals surface area contributed by atoms with E-state index in [1.165, 1.54) is 13.2 Å². The normalized spacial score (nSPS) is 12.4. The number of nitrogens with two attached hydrogens (primary N) is 1. The summed E-state index contributed by atoms with van der Waals surface area (Å²) in [6.45, 7) is 2.85. The zero-order valence-electron chi connectivity index (χ0n) is 10.4. The van der Waals surface area contributed by atoms with Crippen molar-refractivity contribution in [3.05, 3.63) is 47.8 Å². The molecular weight excluding hydrogens is 233 g/mol. The maximum Gasteiger partial charge on any atom is 0.165 e. The Morgan fingerprint density at radius 2 is 2.28 bits per heavy atom. The lowest BCUT2D eigenvalue weighted by Crippen LogP contribution is -2.12. The number of benzene rings is 1. The van der Waals surface area contributed by atoms with Gasteiger partial charge in [0, 0.05) is 12.7 Å². The summed E-state index contributed by atoms with van der Waals surface area (Å²) in [7, 11) is 1.43. The number of hydrogen-bond acceptors (Lipinski definition) is 3. The molecule has 0 amide bonds. The highest BCUT2D eigenvalue weighted by molar-refractivity contribution is 5.33. The molecule has 5 heteroatoms. The molecule has 1 aromatic heterocycles. The van der Waals surface area contributed by atoms with Crippen LogP contribution < -0.4 is 10.5 Å². The van der Waals surface area contributed by atoms with E-state index in [0.29, 0.717) is 5.56 Å². The Balaban J connectivity index is 2.27. The number of aromatic nitrogens is 2. The van der Waals surface area contributed by atoms with Gasteiger partial charge < -0.3 is 15.0 Å². The van der Waals surface area contributed by atoms with Crippen LogP contribution in [0.25, 0.3) is 0 Å². The lowest BCUT2D eigenvalue weighted by molar-refractivity contribution is 0.386. The van der Waals surface area contributed by atoms with Crippen molar-refractivity contribution < 1.29 is 9.13 Å². The van der Waals surface area contributed by atoms with E-state index in [2.05, 4.69) is 4.98 Å². The Labute approximate surface area is 105 Å². The van der Waals surface area contributed by atoms with Crippen LogP contribution in [-0.4, -0.2) is 16.7 Å². The molecule has 0 aliphatic rings. The lowest BCUT2D eigenvalue weighted by atomic mass is 10.1. The predicted molar refractivity (Wildman–Crippen MR) is 66.9 cm³/mol. The quantitative estimate of drug-likeness (QED) is 0.902. The van der Waals surface area contributed by atoms with E-state index in [1.54, 1.807) is 18.5 Å². The molecule has 1 unspecified atom stereocenters. The van der Waals surface area contributed by atoms with E-state index in [4.69, 9.17) is 10.5 Å². The minimum Gasteiger partial charge on any atom is -0.494 e. The Hall–Kier alpha value is -1.88. The van der Waals surface area contributed by atoms with E-state index in [0.717, 1.165) is 12.2 Å². The van der Waals surface area contributed by atoms with E-state index < -0.39 is 11.9 Å². The first-order valence-electron chi connectivity index (χ1n) is 5.76. The van der Waals surface area contributed by atoms with Gasteiger partial charge in [-0.1, -0.05) is 6.07 Å². The number of nitrogens with zero attached hydrogens (tertiary/aromatic N) is 2. The Kier molecular flexibility index (Phi) is 3.62. The number of halogens is 1. The third-order valence-electron chi connectivity index (χ3n) is 2.87. The monoisotopic (exact) mass is 249 g/mol. The van der Waals surface area contributed by atoms with Crippen molar-refractivity contribution >= 4 is 0 Å². The molecule has 2 N–H and O–H groups in total. The highest BCUT2D eigenvalue weighted by atomic mass is 19.1. The van der Waals surface area contributed by atoms with Gasteiger partial charge in [0.2, 0.25) is 0 Å². The van der Waals surface area contributed by atoms with Gasteiger partial charge in [0.15, 0.2) is 11.6 Å². The first-order chi connectivity index (χ1) is 8.65. The maximum absolute atomic E-state index is 13.6. The van der Waals surface area contributed by atoms with Gasteiger partial charge in [-0.3, -0.25) is 0 Å². The lowest BCUT2D eigenvalue weighted by Gasteiger charge is -2.10. The van der Waals surface area contributed by atoms with Crippen LogP contribution in [0.1, 0.15) is 24.2 Å². The molecule has 0 aliphatic carbocycles. The standard InChI is InChI=1S/C13H16FN3O/c1-3-17-7-11(16-8-17)13(15)9-4-5-12(18-2)10(14)6-9/h4-8,13H,3,15H2,1-2H3. The average Bonchev–Trinajstić information content (AvgIpc) is 2.86. The molecule has 0 saturated carbocycles. The number of methoxy groups -OCH3 is 1.